The van der Waals surface area contributed by atoms with Crippen molar-refractivity contribution in [2.75, 3.05) is 0 Å². The molecule has 0 bridgehead atoms. The van der Waals surface area contributed by atoms with Crippen molar-refractivity contribution >= 4 is 28.4 Å². The molecule has 142 valence electrons. The van der Waals surface area contributed by atoms with Gasteiger partial charge in [-0.25, -0.2) is 0 Å². The highest BCUT2D eigenvalue weighted by atomic mass is 32.2. The Kier molecular flexibility index (Phi) is 6.90. The van der Waals surface area contributed by atoms with Crippen LogP contribution in [-0.4, -0.2) is 0 Å². The summed E-state index contributed by atoms with van der Waals surface area (Å²) in [6.45, 7) is 0. The summed E-state index contributed by atoms with van der Waals surface area (Å²) in [5.41, 5.74) is 2.55. The van der Waals surface area contributed by atoms with Gasteiger partial charge in [-0.3, -0.25) is 0 Å². The first-order chi connectivity index (χ1) is 14.4. The average molecular weight is 411 g/mol. The summed E-state index contributed by atoms with van der Waals surface area (Å²) in [5, 5.41) is 0.227. The van der Waals surface area contributed by atoms with Gasteiger partial charge in [-0.15, -0.1) is 11.8 Å². The van der Waals surface area contributed by atoms with E-state index in [0.717, 1.165) is 0 Å². The molecule has 4 aromatic carbocycles. The van der Waals surface area contributed by atoms with Crippen molar-refractivity contribution in [1.29, 1.82) is 0 Å². The molecule has 4 aromatic rings. The maximum atomic E-state index is 2.40. The van der Waals surface area contributed by atoms with Crippen LogP contribution in [0.3, 0.4) is 0 Å². The lowest BCUT2D eigenvalue weighted by Gasteiger charge is -2.16. The molecule has 0 amide bonds. The van der Waals surface area contributed by atoms with Crippen LogP contribution >= 0.6 is 23.5 Å². The van der Waals surface area contributed by atoms with E-state index in [2.05, 4.69) is 127 Å². The van der Waals surface area contributed by atoms with E-state index < -0.39 is 0 Å². The van der Waals surface area contributed by atoms with Crippen LogP contribution in [0, 0.1) is 0 Å². The Bertz CT molecular complexity index is 1030. The molecule has 0 saturated carbocycles. The van der Waals surface area contributed by atoms with E-state index >= 15 is 0 Å². The predicted molar refractivity (Wildman–Crippen MR) is 128 cm³/mol. The van der Waals surface area contributed by atoms with E-state index in [1.165, 1.54) is 25.8 Å². The molecule has 0 heterocycles. The Morgan fingerprint density at radius 1 is 0.552 bits per heavy atom. The lowest BCUT2D eigenvalue weighted by molar-refractivity contribution is 1.22. The summed E-state index contributed by atoms with van der Waals surface area (Å²) in [5.74, 6) is 0. The van der Waals surface area contributed by atoms with Gasteiger partial charge in [0.05, 0.1) is 5.25 Å². The van der Waals surface area contributed by atoms with Crippen molar-refractivity contribution in [2.45, 2.75) is 15.0 Å². The molecule has 1 unspecified atom stereocenters. The molecule has 0 aliphatic carbocycles. The standard InChI is InChI=1S/C27H22S2/c1-5-13-22(14-6-1)26(28-24-17-9-3-10-18-24)21-27(23-15-7-2-8-16-23)29-25-19-11-4-12-20-25/h1-21,26H/b27-21+. The molecule has 0 N–H and O–H groups in total. The fourth-order valence-corrected chi connectivity index (χ4v) is 5.23. The second-order valence-electron chi connectivity index (χ2n) is 6.57. The second-order valence-corrected chi connectivity index (χ2v) is 8.90. The highest BCUT2D eigenvalue weighted by molar-refractivity contribution is 8.08. The molecule has 0 spiro atoms. The van der Waals surface area contributed by atoms with Gasteiger partial charge in [-0.1, -0.05) is 115 Å². The topological polar surface area (TPSA) is 0 Å². The van der Waals surface area contributed by atoms with Crippen LogP contribution in [0.25, 0.3) is 4.91 Å². The highest BCUT2D eigenvalue weighted by Crippen LogP contribution is 2.42. The minimum absolute atomic E-state index is 0.227. The molecular formula is C27H22S2. The van der Waals surface area contributed by atoms with Crippen molar-refractivity contribution in [1.82, 2.24) is 0 Å². The number of hydrogen-bond donors (Lipinski definition) is 0. The third-order valence-electron chi connectivity index (χ3n) is 4.47. The molecule has 0 nitrogen and oxygen atoms in total. The van der Waals surface area contributed by atoms with E-state index in [9.17, 15) is 0 Å². The fraction of sp³-hybridized carbons (Fsp3) is 0.0370. The zero-order valence-electron chi connectivity index (χ0n) is 16.0. The fourth-order valence-electron chi connectivity index (χ4n) is 3.03. The summed E-state index contributed by atoms with van der Waals surface area (Å²) >= 11 is 3.71. The summed E-state index contributed by atoms with van der Waals surface area (Å²) in [7, 11) is 0. The van der Waals surface area contributed by atoms with E-state index in [1.54, 1.807) is 0 Å². The second kappa shape index (κ2) is 10.2. The number of hydrogen-bond acceptors (Lipinski definition) is 2. The molecule has 0 fully saturated rings. The molecule has 0 radical (unpaired) electrons. The molecule has 1 atom stereocenters. The SMILES string of the molecule is C(=C(\Sc1ccccc1)c1ccccc1)/C(Sc1ccccc1)c1ccccc1. The lowest BCUT2D eigenvalue weighted by Crippen LogP contribution is -1.92. The third-order valence-corrected chi connectivity index (χ3v) is 6.77. The van der Waals surface area contributed by atoms with Crippen LogP contribution in [-0.2, 0) is 0 Å². The number of thioether (sulfide) groups is 2. The van der Waals surface area contributed by atoms with Crippen molar-refractivity contribution < 1.29 is 0 Å². The Hall–Kier alpha value is -2.68. The van der Waals surface area contributed by atoms with Crippen molar-refractivity contribution in [2.24, 2.45) is 0 Å². The van der Waals surface area contributed by atoms with Gasteiger partial charge in [-0.05, 0) is 35.4 Å². The van der Waals surface area contributed by atoms with Gasteiger partial charge < -0.3 is 0 Å². The molecule has 2 heteroatoms. The monoisotopic (exact) mass is 410 g/mol. The minimum Gasteiger partial charge on any atom is -0.114 e. The van der Waals surface area contributed by atoms with E-state index in [1.807, 2.05) is 23.5 Å². The van der Waals surface area contributed by atoms with Gasteiger partial charge in [0.15, 0.2) is 0 Å². The van der Waals surface area contributed by atoms with Crippen molar-refractivity contribution in [3.8, 4) is 0 Å². The van der Waals surface area contributed by atoms with Gasteiger partial charge in [-0.2, -0.15) is 0 Å². The summed E-state index contributed by atoms with van der Waals surface area (Å²) in [6, 6.07) is 42.6. The first-order valence-corrected chi connectivity index (χ1v) is 11.3. The number of benzene rings is 4. The molecule has 29 heavy (non-hydrogen) atoms. The largest absolute Gasteiger partial charge is 0.114 e. The van der Waals surface area contributed by atoms with Crippen LogP contribution in [0.4, 0.5) is 0 Å². The molecule has 0 aliphatic rings. The van der Waals surface area contributed by atoms with Gasteiger partial charge in [0.2, 0.25) is 0 Å². The molecule has 0 aromatic heterocycles. The molecule has 0 saturated heterocycles. The normalized spacial score (nSPS) is 12.5. The Labute approximate surface area is 181 Å². The minimum atomic E-state index is 0.227. The van der Waals surface area contributed by atoms with Crippen LogP contribution in [0.2, 0.25) is 0 Å². The molecular weight excluding hydrogens is 388 g/mol. The van der Waals surface area contributed by atoms with Crippen LogP contribution < -0.4 is 0 Å². The Balaban J connectivity index is 1.74. The van der Waals surface area contributed by atoms with E-state index in [0.29, 0.717) is 0 Å². The smallest absolute Gasteiger partial charge is 0.0538 e. The Morgan fingerprint density at radius 2 is 1.03 bits per heavy atom. The van der Waals surface area contributed by atoms with Crippen LogP contribution in [0.1, 0.15) is 16.4 Å². The van der Waals surface area contributed by atoms with Crippen LogP contribution in [0.15, 0.2) is 137 Å². The maximum absolute atomic E-state index is 2.40. The van der Waals surface area contributed by atoms with Crippen LogP contribution in [0.5, 0.6) is 0 Å². The summed E-state index contributed by atoms with van der Waals surface area (Å²) in [6.07, 6.45) is 2.40. The average Bonchev–Trinajstić information content (AvgIpc) is 2.81. The van der Waals surface area contributed by atoms with Gasteiger partial charge in [0.1, 0.15) is 0 Å². The lowest BCUT2D eigenvalue weighted by atomic mass is 10.1. The molecule has 0 aliphatic heterocycles. The third kappa shape index (κ3) is 5.66. The maximum Gasteiger partial charge on any atom is 0.0538 e. The first-order valence-electron chi connectivity index (χ1n) is 9.65. The first kappa shape index (κ1) is 19.6. The number of rotatable bonds is 7. The van der Waals surface area contributed by atoms with E-state index in [-0.39, 0.29) is 5.25 Å². The van der Waals surface area contributed by atoms with E-state index in [4.69, 9.17) is 0 Å². The van der Waals surface area contributed by atoms with Gasteiger partial charge in [0, 0.05) is 14.7 Å². The predicted octanol–water partition coefficient (Wildman–Crippen LogP) is 8.35. The zero-order chi connectivity index (χ0) is 19.7. The summed E-state index contributed by atoms with van der Waals surface area (Å²) < 4.78 is 0. The quantitative estimate of drug-likeness (QED) is 0.281. The van der Waals surface area contributed by atoms with Gasteiger partial charge in [0.25, 0.3) is 0 Å². The summed E-state index contributed by atoms with van der Waals surface area (Å²) in [4.78, 5) is 3.79. The van der Waals surface area contributed by atoms with Crippen molar-refractivity contribution in [3.63, 3.8) is 0 Å². The Morgan fingerprint density at radius 3 is 1.62 bits per heavy atom. The highest BCUT2D eigenvalue weighted by Gasteiger charge is 2.14. The van der Waals surface area contributed by atoms with Crippen molar-refractivity contribution in [3.05, 3.63) is 139 Å². The zero-order valence-corrected chi connectivity index (χ0v) is 17.7. The van der Waals surface area contributed by atoms with Gasteiger partial charge >= 0.3 is 0 Å². The molecule has 4 rings (SSSR count).